The van der Waals surface area contributed by atoms with Gasteiger partial charge in [0.05, 0.1) is 6.04 Å². The lowest BCUT2D eigenvalue weighted by atomic mass is 10.1. The lowest BCUT2D eigenvalue weighted by molar-refractivity contribution is -0.123. The van der Waals surface area contributed by atoms with Gasteiger partial charge in [0.1, 0.15) is 5.82 Å². The van der Waals surface area contributed by atoms with Gasteiger partial charge >= 0.3 is 0 Å². The van der Waals surface area contributed by atoms with E-state index in [1.54, 1.807) is 6.20 Å². The number of rotatable bonds is 5. The first-order chi connectivity index (χ1) is 9.58. The molecule has 5 nitrogen and oxygen atoms in total. The molecular formula is C15H24N4O. The number of carbonyl (C=O) groups excluding carboxylic acids is 1. The van der Waals surface area contributed by atoms with Crippen LogP contribution in [0.25, 0.3) is 0 Å². The van der Waals surface area contributed by atoms with E-state index in [0.717, 1.165) is 24.5 Å². The normalized spacial score (nSPS) is 16.5. The molecule has 1 atom stereocenters. The van der Waals surface area contributed by atoms with Crippen LogP contribution in [-0.2, 0) is 11.3 Å². The number of amides is 1. The van der Waals surface area contributed by atoms with Crippen LogP contribution < -0.4 is 16.0 Å². The Kier molecular flexibility index (Phi) is 4.95. The van der Waals surface area contributed by atoms with Gasteiger partial charge in [-0.25, -0.2) is 4.98 Å². The molecule has 0 spiro atoms. The number of aromatic nitrogens is 1. The Morgan fingerprint density at radius 1 is 1.45 bits per heavy atom. The number of pyridine rings is 1. The molecule has 1 amide bonds. The summed E-state index contributed by atoms with van der Waals surface area (Å²) in [5, 5.41) is 2.89. The van der Waals surface area contributed by atoms with Crippen molar-refractivity contribution in [3.05, 3.63) is 23.9 Å². The number of hydrogen-bond acceptors (Lipinski definition) is 4. The fourth-order valence-electron chi connectivity index (χ4n) is 2.30. The summed E-state index contributed by atoms with van der Waals surface area (Å²) >= 11 is 0. The number of hydrogen-bond donors (Lipinski definition) is 2. The predicted molar refractivity (Wildman–Crippen MR) is 80.3 cm³/mol. The minimum Gasteiger partial charge on any atom is -0.357 e. The minimum atomic E-state index is -0.449. The molecule has 20 heavy (non-hydrogen) atoms. The zero-order chi connectivity index (χ0) is 14.5. The molecule has 0 aromatic carbocycles. The maximum Gasteiger partial charge on any atom is 0.237 e. The first-order valence-corrected chi connectivity index (χ1v) is 7.31. The Balaban J connectivity index is 1.93. The van der Waals surface area contributed by atoms with Crippen LogP contribution in [0.4, 0.5) is 5.82 Å². The van der Waals surface area contributed by atoms with Crippen molar-refractivity contribution < 1.29 is 4.79 Å². The molecule has 1 aliphatic rings. The van der Waals surface area contributed by atoms with Gasteiger partial charge in [0.2, 0.25) is 5.91 Å². The summed E-state index contributed by atoms with van der Waals surface area (Å²) in [6.45, 7) is 6.54. The van der Waals surface area contributed by atoms with Crippen LogP contribution in [0.5, 0.6) is 0 Å². The molecule has 2 heterocycles. The summed E-state index contributed by atoms with van der Waals surface area (Å²) in [6, 6.07) is 3.53. The Morgan fingerprint density at radius 3 is 2.80 bits per heavy atom. The van der Waals surface area contributed by atoms with Crippen molar-refractivity contribution in [3.63, 3.8) is 0 Å². The number of anilines is 1. The molecular weight excluding hydrogens is 252 g/mol. The first kappa shape index (κ1) is 14.8. The standard InChI is InChI=1S/C15H24N4O/c1-11(2)14(16)15(20)18-10-12-5-6-17-13(9-12)19-7-3-4-8-19/h5-6,9,11,14H,3-4,7-8,10,16H2,1-2H3,(H,18,20)/t14-/m0/s1. The van der Waals surface area contributed by atoms with Crippen molar-refractivity contribution in [3.8, 4) is 0 Å². The van der Waals surface area contributed by atoms with Gasteiger partial charge in [0, 0.05) is 25.8 Å². The predicted octanol–water partition coefficient (Wildman–Crippen LogP) is 1.28. The third kappa shape index (κ3) is 3.70. The second-order valence-corrected chi connectivity index (χ2v) is 5.70. The van der Waals surface area contributed by atoms with Crippen LogP contribution >= 0.6 is 0 Å². The van der Waals surface area contributed by atoms with Gasteiger partial charge in [-0.2, -0.15) is 0 Å². The Hall–Kier alpha value is -1.62. The molecule has 2 rings (SSSR count). The second-order valence-electron chi connectivity index (χ2n) is 5.70. The van der Waals surface area contributed by atoms with Crippen molar-refractivity contribution in [2.24, 2.45) is 11.7 Å². The highest BCUT2D eigenvalue weighted by Gasteiger charge is 2.17. The second kappa shape index (κ2) is 6.70. The van der Waals surface area contributed by atoms with Crippen molar-refractivity contribution in [2.45, 2.75) is 39.3 Å². The van der Waals surface area contributed by atoms with Gasteiger partial charge in [0.15, 0.2) is 0 Å². The van der Waals surface area contributed by atoms with Crippen molar-refractivity contribution in [1.82, 2.24) is 10.3 Å². The van der Waals surface area contributed by atoms with Gasteiger partial charge in [0.25, 0.3) is 0 Å². The van der Waals surface area contributed by atoms with Crippen LogP contribution in [0.3, 0.4) is 0 Å². The molecule has 0 bridgehead atoms. The van der Waals surface area contributed by atoms with E-state index in [-0.39, 0.29) is 11.8 Å². The average Bonchev–Trinajstić information content (AvgIpc) is 2.98. The van der Waals surface area contributed by atoms with Crippen LogP contribution in [0.15, 0.2) is 18.3 Å². The van der Waals surface area contributed by atoms with Crippen molar-refractivity contribution in [2.75, 3.05) is 18.0 Å². The summed E-state index contributed by atoms with van der Waals surface area (Å²) in [7, 11) is 0. The fourth-order valence-corrected chi connectivity index (χ4v) is 2.30. The highest BCUT2D eigenvalue weighted by atomic mass is 16.2. The molecule has 1 fully saturated rings. The van der Waals surface area contributed by atoms with Gasteiger partial charge in [-0.05, 0) is 36.5 Å². The Labute approximate surface area is 120 Å². The van der Waals surface area contributed by atoms with Gasteiger partial charge in [-0.3, -0.25) is 4.79 Å². The lowest BCUT2D eigenvalue weighted by Crippen LogP contribution is -2.43. The first-order valence-electron chi connectivity index (χ1n) is 7.31. The lowest BCUT2D eigenvalue weighted by Gasteiger charge is -2.18. The van der Waals surface area contributed by atoms with E-state index in [0.29, 0.717) is 6.54 Å². The number of nitrogens with zero attached hydrogens (tertiary/aromatic N) is 2. The summed E-state index contributed by atoms with van der Waals surface area (Å²) < 4.78 is 0. The molecule has 3 N–H and O–H groups in total. The molecule has 1 aliphatic heterocycles. The van der Waals surface area contributed by atoms with Gasteiger partial charge < -0.3 is 16.0 Å². The smallest absolute Gasteiger partial charge is 0.237 e. The molecule has 1 aromatic rings. The van der Waals surface area contributed by atoms with Crippen LogP contribution in [0.1, 0.15) is 32.3 Å². The fraction of sp³-hybridized carbons (Fsp3) is 0.600. The number of carbonyl (C=O) groups is 1. The minimum absolute atomic E-state index is 0.0977. The maximum atomic E-state index is 11.8. The van der Waals surface area contributed by atoms with Crippen LogP contribution in [0, 0.1) is 5.92 Å². The highest BCUT2D eigenvalue weighted by molar-refractivity contribution is 5.81. The van der Waals surface area contributed by atoms with E-state index in [4.69, 9.17) is 5.73 Å². The quantitative estimate of drug-likeness (QED) is 0.850. The van der Waals surface area contributed by atoms with Gasteiger partial charge in [-0.1, -0.05) is 13.8 Å². The zero-order valence-corrected chi connectivity index (χ0v) is 12.3. The summed E-state index contributed by atoms with van der Waals surface area (Å²) in [5.41, 5.74) is 6.88. The summed E-state index contributed by atoms with van der Waals surface area (Å²) in [6.07, 6.45) is 4.26. The monoisotopic (exact) mass is 276 g/mol. The number of nitrogens with one attached hydrogen (secondary N) is 1. The summed E-state index contributed by atoms with van der Waals surface area (Å²) in [5.74, 6) is 1.05. The van der Waals surface area contributed by atoms with E-state index in [1.807, 2.05) is 26.0 Å². The highest BCUT2D eigenvalue weighted by Crippen LogP contribution is 2.18. The SMILES string of the molecule is CC(C)[C@H](N)C(=O)NCc1ccnc(N2CCCC2)c1. The van der Waals surface area contributed by atoms with E-state index in [9.17, 15) is 4.79 Å². The van der Waals surface area contributed by atoms with E-state index >= 15 is 0 Å². The van der Waals surface area contributed by atoms with Crippen molar-refractivity contribution >= 4 is 11.7 Å². The molecule has 110 valence electrons. The molecule has 0 radical (unpaired) electrons. The molecule has 0 aliphatic carbocycles. The average molecular weight is 276 g/mol. The largest absolute Gasteiger partial charge is 0.357 e. The zero-order valence-electron chi connectivity index (χ0n) is 12.3. The number of nitrogens with two attached hydrogens (primary N) is 1. The summed E-state index contributed by atoms with van der Waals surface area (Å²) in [4.78, 5) is 18.5. The topological polar surface area (TPSA) is 71.2 Å². The molecule has 5 heteroatoms. The third-order valence-electron chi connectivity index (χ3n) is 3.73. The Bertz CT molecular complexity index is 455. The van der Waals surface area contributed by atoms with Crippen LogP contribution in [0.2, 0.25) is 0 Å². The Morgan fingerprint density at radius 2 is 2.15 bits per heavy atom. The maximum absolute atomic E-state index is 11.8. The van der Waals surface area contributed by atoms with Crippen LogP contribution in [-0.4, -0.2) is 30.0 Å². The third-order valence-corrected chi connectivity index (χ3v) is 3.73. The van der Waals surface area contributed by atoms with Gasteiger partial charge in [-0.15, -0.1) is 0 Å². The van der Waals surface area contributed by atoms with E-state index in [2.05, 4.69) is 15.2 Å². The molecule has 1 aromatic heterocycles. The van der Waals surface area contributed by atoms with E-state index in [1.165, 1.54) is 12.8 Å². The molecule has 1 saturated heterocycles. The van der Waals surface area contributed by atoms with E-state index < -0.39 is 6.04 Å². The van der Waals surface area contributed by atoms with Crippen molar-refractivity contribution in [1.29, 1.82) is 0 Å². The molecule has 0 saturated carbocycles. The molecule has 0 unspecified atom stereocenters.